The predicted octanol–water partition coefficient (Wildman–Crippen LogP) is 2.22. The Morgan fingerprint density at radius 2 is 2.20 bits per heavy atom. The first-order valence-corrected chi connectivity index (χ1v) is 8.62. The Morgan fingerprint density at radius 1 is 1.32 bits per heavy atom. The maximum absolute atomic E-state index is 13.9. The van der Waals surface area contributed by atoms with Crippen LogP contribution in [0.15, 0.2) is 36.5 Å². The number of fused-ring (bicyclic) bond motifs is 1. The van der Waals surface area contributed by atoms with Crippen LogP contribution in [0.3, 0.4) is 0 Å². The minimum Gasteiger partial charge on any atom is -0.374 e. The van der Waals surface area contributed by atoms with Crippen LogP contribution in [-0.4, -0.2) is 43.6 Å². The lowest BCUT2D eigenvalue weighted by Gasteiger charge is -2.18. The van der Waals surface area contributed by atoms with Crippen molar-refractivity contribution >= 4 is 17.4 Å². The smallest absolute Gasteiger partial charge is 0.251 e. The molecule has 2 aromatic rings. The van der Waals surface area contributed by atoms with E-state index < -0.39 is 0 Å². The van der Waals surface area contributed by atoms with Crippen molar-refractivity contribution in [2.24, 2.45) is 0 Å². The number of likely N-dealkylation sites (N-methyl/N-ethyl adjacent to an activating group) is 1. The topological polar surface area (TPSA) is 48.5 Å². The van der Waals surface area contributed by atoms with E-state index in [1.807, 2.05) is 30.1 Å². The van der Waals surface area contributed by atoms with E-state index in [0.29, 0.717) is 24.5 Å². The first-order chi connectivity index (χ1) is 12.1. The third-order valence-electron chi connectivity index (χ3n) is 5.04. The van der Waals surface area contributed by atoms with Crippen molar-refractivity contribution in [3.63, 3.8) is 0 Å². The Labute approximate surface area is 146 Å². The van der Waals surface area contributed by atoms with Crippen LogP contribution in [0.1, 0.15) is 22.3 Å². The zero-order chi connectivity index (χ0) is 17.4. The lowest BCUT2D eigenvalue weighted by molar-refractivity contribution is 0.0940. The van der Waals surface area contributed by atoms with E-state index in [1.165, 1.54) is 11.6 Å². The molecule has 2 aliphatic rings. The van der Waals surface area contributed by atoms with E-state index >= 15 is 0 Å². The molecular formula is C19H21FN4O. The van der Waals surface area contributed by atoms with E-state index in [2.05, 4.69) is 15.2 Å². The number of nitrogens with zero attached hydrogens (tertiary/aromatic N) is 3. The number of carbonyl (C=O) groups excluding carboxylic acids is 1. The summed E-state index contributed by atoms with van der Waals surface area (Å²) < 4.78 is 13.9. The van der Waals surface area contributed by atoms with Gasteiger partial charge in [-0.1, -0.05) is 6.07 Å². The SMILES string of the molecule is CN1CCc2ccc(C(=O)NC3CCN(c4ncccc4F)C3)cc21. The molecule has 0 spiro atoms. The van der Waals surface area contributed by atoms with Crippen molar-refractivity contribution in [1.29, 1.82) is 0 Å². The van der Waals surface area contributed by atoms with Gasteiger partial charge in [-0.2, -0.15) is 0 Å². The third-order valence-corrected chi connectivity index (χ3v) is 5.04. The maximum Gasteiger partial charge on any atom is 0.251 e. The standard InChI is InChI=1S/C19H21FN4O/c1-23-9-6-13-4-5-14(11-17(13)23)19(25)22-15-7-10-24(12-15)18-16(20)3-2-8-21-18/h2-5,8,11,15H,6-7,9-10,12H2,1H3,(H,22,25). The summed E-state index contributed by atoms with van der Waals surface area (Å²) in [6.45, 7) is 2.25. The van der Waals surface area contributed by atoms with Gasteiger partial charge in [0.15, 0.2) is 11.6 Å². The van der Waals surface area contributed by atoms with Crippen LogP contribution >= 0.6 is 0 Å². The van der Waals surface area contributed by atoms with Gasteiger partial charge in [0.2, 0.25) is 0 Å². The van der Waals surface area contributed by atoms with Gasteiger partial charge in [-0.3, -0.25) is 4.79 Å². The molecule has 0 bridgehead atoms. The van der Waals surface area contributed by atoms with Crippen molar-refractivity contribution in [3.05, 3.63) is 53.5 Å². The van der Waals surface area contributed by atoms with Gasteiger partial charge in [0.25, 0.3) is 5.91 Å². The van der Waals surface area contributed by atoms with Crippen molar-refractivity contribution in [3.8, 4) is 0 Å². The van der Waals surface area contributed by atoms with Crippen LogP contribution in [-0.2, 0) is 6.42 Å². The summed E-state index contributed by atoms with van der Waals surface area (Å²) in [5.74, 6) is -0.0361. The Morgan fingerprint density at radius 3 is 3.04 bits per heavy atom. The van der Waals surface area contributed by atoms with Gasteiger partial charge < -0.3 is 15.1 Å². The summed E-state index contributed by atoms with van der Waals surface area (Å²) in [4.78, 5) is 20.8. The van der Waals surface area contributed by atoms with Gasteiger partial charge in [-0.15, -0.1) is 0 Å². The highest BCUT2D eigenvalue weighted by Crippen LogP contribution is 2.28. The normalized spacial score (nSPS) is 19.2. The Hall–Kier alpha value is -2.63. The van der Waals surface area contributed by atoms with E-state index in [0.717, 1.165) is 25.1 Å². The summed E-state index contributed by atoms with van der Waals surface area (Å²) in [5.41, 5.74) is 3.10. The molecule has 5 nitrogen and oxygen atoms in total. The van der Waals surface area contributed by atoms with E-state index in [-0.39, 0.29) is 17.8 Å². The number of hydrogen-bond donors (Lipinski definition) is 1. The number of hydrogen-bond acceptors (Lipinski definition) is 4. The van der Waals surface area contributed by atoms with Gasteiger partial charge in [-0.05, 0) is 42.7 Å². The monoisotopic (exact) mass is 340 g/mol. The van der Waals surface area contributed by atoms with Crippen molar-refractivity contribution in [2.75, 3.05) is 36.5 Å². The van der Waals surface area contributed by atoms with Gasteiger partial charge in [0.05, 0.1) is 0 Å². The second-order valence-electron chi connectivity index (χ2n) is 6.73. The lowest BCUT2D eigenvalue weighted by Crippen LogP contribution is -2.37. The first kappa shape index (κ1) is 15.9. The predicted molar refractivity (Wildman–Crippen MR) is 95.7 cm³/mol. The van der Waals surface area contributed by atoms with Crippen molar-refractivity contribution in [1.82, 2.24) is 10.3 Å². The number of carbonyl (C=O) groups is 1. The molecule has 0 saturated carbocycles. The highest BCUT2D eigenvalue weighted by molar-refractivity contribution is 5.95. The van der Waals surface area contributed by atoms with Crippen LogP contribution < -0.4 is 15.1 Å². The molecule has 1 saturated heterocycles. The number of benzene rings is 1. The molecule has 6 heteroatoms. The summed E-state index contributed by atoms with van der Waals surface area (Å²) in [7, 11) is 2.05. The number of rotatable bonds is 3. The third kappa shape index (κ3) is 3.04. The molecule has 1 N–H and O–H groups in total. The lowest BCUT2D eigenvalue weighted by atomic mass is 10.1. The summed E-state index contributed by atoms with van der Waals surface area (Å²) in [5, 5.41) is 3.07. The first-order valence-electron chi connectivity index (χ1n) is 8.62. The second-order valence-corrected chi connectivity index (χ2v) is 6.73. The van der Waals surface area contributed by atoms with E-state index in [1.54, 1.807) is 12.3 Å². The molecule has 3 heterocycles. The van der Waals surface area contributed by atoms with Crippen LogP contribution in [0.4, 0.5) is 15.9 Å². The van der Waals surface area contributed by atoms with Gasteiger partial charge in [0, 0.05) is 50.2 Å². The number of aromatic nitrogens is 1. The van der Waals surface area contributed by atoms with E-state index in [9.17, 15) is 9.18 Å². The minimum absolute atomic E-state index is 0.000102. The molecule has 1 atom stereocenters. The quantitative estimate of drug-likeness (QED) is 0.931. The summed E-state index contributed by atoms with van der Waals surface area (Å²) in [6, 6.07) is 8.88. The Kier molecular flexibility index (Phi) is 4.03. The average molecular weight is 340 g/mol. The van der Waals surface area contributed by atoms with Crippen LogP contribution in [0.2, 0.25) is 0 Å². The molecule has 1 aromatic carbocycles. The van der Waals surface area contributed by atoms with Gasteiger partial charge in [0.1, 0.15) is 0 Å². The van der Waals surface area contributed by atoms with Gasteiger partial charge >= 0.3 is 0 Å². The molecule has 1 aromatic heterocycles. The summed E-state index contributed by atoms with van der Waals surface area (Å²) >= 11 is 0. The molecule has 0 radical (unpaired) electrons. The molecule has 1 amide bonds. The van der Waals surface area contributed by atoms with Crippen LogP contribution in [0, 0.1) is 5.82 Å². The fraction of sp³-hybridized carbons (Fsp3) is 0.368. The molecular weight excluding hydrogens is 319 g/mol. The molecule has 4 rings (SSSR count). The molecule has 1 unspecified atom stereocenters. The van der Waals surface area contributed by atoms with Gasteiger partial charge in [-0.25, -0.2) is 9.37 Å². The average Bonchev–Trinajstić information content (AvgIpc) is 3.22. The zero-order valence-corrected chi connectivity index (χ0v) is 14.2. The fourth-order valence-corrected chi connectivity index (χ4v) is 3.63. The highest BCUT2D eigenvalue weighted by atomic mass is 19.1. The van der Waals surface area contributed by atoms with Crippen LogP contribution in [0.5, 0.6) is 0 Å². The van der Waals surface area contributed by atoms with Crippen molar-refractivity contribution < 1.29 is 9.18 Å². The largest absolute Gasteiger partial charge is 0.374 e. The molecule has 1 fully saturated rings. The molecule has 25 heavy (non-hydrogen) atoms. The summed E-state index contributed by atoms with van der Waals surface area (Å²) in [6.07, 6.45) is 3.40. The number of nitrogens with one attached hydrogen (secondary N) is 1. The Bertz CT molecular complexity index is 810. The van der Waals surface area contributed by atoms with Crippen molar-refractivity contribution in [2.45, 2.75) is 18.9 Å². The molecule has 2 aliphatic heterocycles. The number of halogens is 1. The number of pyridine rings is 1. The minimum atomic E-state index is -0.323. The fourth-order valence-electron chi connectivity index (χ4n) is 3.63. The second kappa shape index (κ2) is 6.35. The molecule has 130 valence electrons. The number of amides is 1. The maximum atomic E-state index is 13.9. The Balaban J connectivity index is 1.42. The van der Waals surface area contributed by atoms with Crippen LogP contribution in [0.25, 0.3) is 0 Å². The molecule has 0 aliphatic carbocycles. The number of anilines is 2. The zero-order valence-electron chi connectivity index (χ0n) is 14.2. The highest BCUT2D eigenvalue weighted by Gasteiger charge is 2.27. The van der Waals surface area contributed by atoms with E-state index in [4.69, 9.17) is 0 Å².